The molecule has 1 N–H and O–H groups in total. The number of carbonyl (C=O) groups excluding carboxylic acids is 1. The SMILES string of the molecule is CCC1(O)CN(C(=O)c2ccc3c(c2)COC3)C1. The van der Waals surface area contributed by atoms with Crippen LogP contribution in [0.1, 0.15) is 34.8 Å². The molecule has 0 aliphatic carbocycles. The number of ether oxygens (including phenoxy) is 1. The first kappa shape index (κ1) is 11.7. The Bertz CT molecular complexity index is 492. The Balaban J connectivity index is 1.74. The minimum atomic E-state index is -0.671. The van der Waals surface area contributed by atoms with Crippen LogP contribution in [0.4, 0.5) is 0 Å². The van der Waals surface area contributed by atoms with E-state index in [1.165, 1.54) is 5.56 Å². The second kappa shape index (κ2) is 4.07. The smallest absolute Gasteiger partial charge is 0.254 e. The van der Waals surface area contributed by atoms with Crippen LogP contribution in [0.2, 0.25) is 0 Å². The van der Waals surface area contributed by atoms with Crippen molar-refractivity contribution < 1.29 is 14.6 Å². The maximum atomic E-state index is 12.2. The number of benzene rings is 1. The fourth-order valence-corrected chi connectivity index (χ4v) is 2.52. The highest BCUT2D eigenvalue weighted by atomic mass is 16.5. The number of amides is 1. The van der Waals surface area contributed by atoms with Crippen molar-refractivity contribution in [3.63, 3.8) is 0 Å². The summed E-state index contributed by atoms with van der Waals surface area (Å²) in [6.45, 7) is 4.05. The number of β-amino-alcohol motifs (C(OH)–C–C–N with tert-alkyl or cyclic N) is 1. The van der Waals surface area contributed by atoms with E-state index in [1.54, 1.807) is 4.90 Å². The topological polar surface area (TPSA) is 49.8 Å². The molecule has 1 fully saturated rings. The molecule has 1 amide bonds. The van der Waals surface area contributed by atoms with Crippen LogP contribution >= 0.6 is 0 Å². The summed E-state index contributed by atoms with van der Waals surface area (Å²) in [4.78, 5) is 13.9. The largest absolute Gasteiger partial charge is 0.386 e. The summed E-state index contributed by atoms with van der Waals surface area (Å²) < 4.78 is 5.34. The number of likely N-dealkylation sites (tertiary alicyclic amines) is 1. The molecule has 1 saturated heterocycles. The van der Waals surface area contributed by atoms with Crippen LogP contribution in [0.25, 0.3) is 0 Å². The zero-order valence-corrected chi connectivity index (χ0v) is 10.5. The molecular formula is C14H17NO3. The minimum absolute atomic E-state index is 0.00262. The van der Waals surface area contributed by atoms with Gasteiger partial charge in [-0.3, -0.25) is 4.79 Å². The molecular weight excluding hydrogens is 230 g/mol. The summed E-state index contributed by atoms with van der Waals surface area (Å²) >= 11 is 0. The van der Waals surface area contributed by atoms with Gasteiger partial charge in [-0.05, 0) is 29.7 Å². The van der Waals surface area contributed by atoms with Gasteiger partial charge in [0.2, 0.25) is 0 Å². The second-order valence-corrected chi connectivity index (χ2v) is 5.22. The maximum Gasteiger partial charge on any atom is 0.254 e. The van der Waals surface area contributed by atoms with Crippen molar-refractivity contribution in [3.05, 3.63) is 34.9 Å². The summed E-state index contributed by atoms with van der Waals surface area (Å²) in [5.74, 6) is 0.00262. The van der Waals surface area contributed by atoms with E-state index in [9.17, 15) is 9.90 Å². The number of hydrogen-bond acceptors (Lipinski definition) is 3. The van der Waals surface area contributed by atoms with Gasteiger partial charge in [0.15, 0.2) is 0 Å². The Morgan fingerprint density at radius 2 is 2.11 bits per heavy atom. The van der Waals surface area contributed by atoms with E-state index < -0.39 is 5.60 Å². The van der Waals surface area contributed by atoms with Gasteiger partial charge < -0.3 is 14.7 Å². The molecule has 1 aromatic carbocycles. The molecule has 0 bridgehead atoms. The summed E-state index contributed by atoms with van der Waals surface area (Å²) in [5.41, 5.74) is 2.29. The van der Waals surface area contributed by atoms with Crippen LogP contribution in [-0.2, 0) is 18.0 Å². The van der Waals surface area contributed by atoms with Gasteiger partial charge >= 0.3 is 0 Å². The average molecular weight is 247 g/mol. The predicted octanol–water partition coefficient (Wildman–Crippen LogP) is 1.31. The van der Waals surface area contributed by atoms with E-state index in [-0.39, 0.29) is 5.91 Å². The Morgan fingerprint density at radius 3 is 2.83 bits per heavy atom. The number of aliphatic hydroxyl groups is 1. The van der Waals surface area contributed by atoms with Gasteiger partial charge in [0, 0.05) is 5.56 Å². The first-order valence-electron chi connectivity index (χ1n) is 6.32. The van der Waals surface area contributed by atoms with Gasteiger partial charge in [-0.2, -0.15) is 0 Å². The Labute approximate surface area is 106 Å². The van der Waals surface area contributed by atoms with Crippen molar-refractivity contribution >= 4 is 5.91 Å². The molecule has 2 aliphatic heterocycles. The van der Waals surface area contributed by atoms with E-state index in [1.807, 2.05) is 25.1 Å². The molecule has 0 aromatic heterocycles. The van der Waals surface area contributed by atoms with E-state index >= 15 is 0 Å². The van der Waals surface area contributed by atoms with Crippen molar-refractivity contribution in [2.24, 2.45) is 0 Å². The molecule has 96 valence electrons. The molecule has 0 unspecified atom stereocenters. The molecule has 18 heavy (non-hydrogen) atoms. The zero-order chi connectivity index (χ0) is 12.8. The molecule has 3 rings (SSSR count). The average Bonchev–Trinajstić information content (AvgIpc) is 2.81. The summed E-state index contributed by atoms with van der Waals surface area (Å²) in [7, 11) is 0. The molecule has 1 aromatic rings. The molecule has 0 spiro atoms. The quantitative estimate of drug-likeness (QED) is 0.857. The predicted molar refractivity (Wildman–Crippen MR) is 66.1 cm³/mol. The van der Waals surface area contributed by atoms with Crippen molar-refractivity contribution in [3.8, 4) is 0 Å². The van der Waals surface area contributed by atoms with Gasteiger partial charge in [-0.25, -0.2) is 0 Å². The lowest BCUT2D eigenvalue weighted by molar-refractivity contribution is -0.0826. The first-order valence-corrected chi connectivity index (χ1v) is 6.32. The molecule has 2 aliphatic rings. The minimum Gasteiger partial charge on any atom is -0.386 e. The van der Waals surface area contributed by atoms with Crippen LogP contribution in [0.3, 0.4) is 0 Å². The molecule has 2 heterocycles. The summed E-state index contributed by atoms with van der Waals surface area (Å²) in [5, 5.41) is 9.93. The highest BCUT2D eigenvalue weighted by Crippen LogP contribution is 2.27. The third kappa shape index (κ3) is 1.82. The molecule has 0 atom stereocenters. The van der Waals surface area contributed by atoms with Crippen molar-refractivity contribution in [1.29, 1.82) is 0 Å². The third-order valence-corrected chi connectivity index (χ3v) is 3.88. The van der Waals surface area contributed by atoms with Gasteiger partial charge in [0.25, 0.3) is 5.91 Å². The molecule has 4 heteroatoms. The van der Waals surface area contributed by atoms with Gasteiger partial charge in [-0.15, -0.1) is 0 Å². The standard InChI is InChI=1S/C14H17NO3/c1-2-14(17)8-15(9-14)13(16)10-3-4-11-6-18-7-12(11)5-10/h3-5,17H,2,6-9H2,1H3. The van der Waals surface area contributed by atoms with Crippen molar-refractivity contribution in [1.82, 2.24) is 4.90 Å². The van der Waals surface area contributed by atoms with Gasteiger partial charge in [-0.1, -0.05) is 13.0 Å². The molecule has 0 saturated carbocycles. The third-order valence-electron chi connectivity index (χ3n) is 3.88. The van der Waals surface area contributed by atoms with Gasteiger partial charge in [0.05, 0.1) is 31.9 Å². The number of carbonyl (C=O) groups is 1. The summed E-state index contributed by atoms with van der Waals surface area (Å²) in [6, 6.07) is 5.72. The van der Waals surface area contributed by atoms with Crippen LogP contribution in [0, 0.1) is 0 Å². The van der Waals surface area contributed by atoms with E-state index in [2.05, 4.69) is 0 Å². The lowest BCUT2D eigenvalue weighted by Crippen LogP contribution is -2.63. The Kier molecular flexibility index (Phi) is 2.64. The fourth-order valence-electron chi connectivity index (χ4n) is 2.52. The summed E-state index contributed by atoms with van der Waals surface area (Å²) in [6.07, 6.45) is 0.689. The number of fused-ring (bicyclic) bond motifs is 1. The van der Waals surface area contributed by atoms with Crippen LogP contribution in [-0.4, -0.2) is 34.6 Å². The normalized spacial score (nSPS) is 20.4. The lowest BCUT2D eigenvalue weighted by Gasteiger charge is -2.46. The highest BCUT2D eigenvalue weighted by Gasteiger charge is 2.42. The number of rotatable bonds is 2. The van der Waals surface area contributed by atoms with Gasteiger partial charge in [0.1, 0.15) is 0 Å². The number of hydrogen-bond donors (Lipinski definition) is 1. The maximum absolute atomic E-state index is 12.2. The van der Waals surface area contributed by atoms with Crippen LogP contribution in [0.5, 0.6) is 0 Å². The Hall–Kier alpha value is -1.39. The van der Waals surface area contributed by atoms with E-state index in [0.717, 1.165) is 5.56 Å². The fraction of sp³-hybridized carbons (Fsp3) is 0.500. The Morgan fingerprint density at radius 1 is 1.39 bits per heavy atom. The molecule has 4 nitrogen and oxygen atoms in total. The van der Waals surface area contributed by atoms with Crippen LogP contribution in [0.15, 0.2) is 18.2 Å². The van der Waals surface area contributed by atoms with Crippen molar-refractivity contribution in [2.45, 2.75) is 32.2 Å². The van der Waals surface area contributed by atoms with Crippen molar-refractivity contribution in [2.75, 3.05) is 13.1 Å². The highest BCUT2D eigenvalue weighted by molar-refractivity contribution is 5.95. The van der Waals surface area contributed by atoms with Crippen LogP contribution < -0.4 is 0 Å². The van der Waals surface area contributed by atoms with E-state index in [0.29, 0.717) is 38.3 Å². The lowest BCUT2D eigenvalue weighted by atomic mass is 9.90. The monoisotopic (exact) mass is 247 g/mol. The second-order valence-electron chi connectivity index (χ2n) is 5.22. The zero-order valence-electron chi connectivity index (χ0n) is 10.5. The molecule has 0 radical (unpaired) electrons. The number of nitrogens with zero attached hydrogens (tertiary/aromatic N) is 1. The van der Waals surface area contributed by atoms with E-state index in [4.69, 9.17) is 4.74 Å². The first-order chi connectivity index (χ1) is 8.61.